The molecule has 0 unspecified atom stereocenters. The van der Waals surface area contributed by atoms with Crippen molar-refractivity contribution in [1.82, 2.24) is 0 Å². The van der Waals surface area contributed by atoms with Gasteiger partial charge in [-0.05, 0) is 83.3 Å². The van der Waals surface area contributed by atoms with Crippen LogP contribution in [0.4, 0.5) is 22.7 Å². The van der Waals surface area contributed by atoms with Gasteiger partial charge in [-0.2, -0.15) is 16.8 Å². The summed E-state index contributed by atoms with van der Waals surface area (Å²) in [7, 11) is -8.77. The Balaban J connectivity index is 0.000000234. The van der Waals surface area contributed by atoms with Crippen LogP contribution < -0.4 is 19.6 Å². The first-order valence-electron chi connectivity index (χ1n) is 21.0. The predicted octanol–water partition coefficient (Wildman–Crippen LogP) is 10.2. The van der Waals surface area contributed by atoms with Crippen LogP contribution in [0.25, 0.3) is 0 Å². The molecule has 0 bridgehead atoms. The summed E-state index contributed by atoms with van der Waals surface area (Å²) < 4.78 is 68.1. The molecule has 10 nitrogen and oxygen atoms in total. The Labute approximate surface area is 410 Å². The first-order chi connectivity index (χ1) is 29.9. The number of anilines is 4. The number of hydrogen-bond acceptors (Lipinski definition) is 8. The average molecular weight is 1080 g/mol. The maximum Gasteiger partial charge on any atom is 0.296 e. The molecule has 6 aromatic carbocycles. The summed E-state index contributed by atoms with van der Waals surface area (Å²) in [6.07, 6.45) is 3.55. The molecule has 0 spiro atoms. The van der Waals surface area contributed by atoms with E-state index in [9.17, 15) is 25.9 Å². The summed E-state index contributed by atoms with van der Waals surface area (Å²) in [5.41, 5.74) is 10.1. The van der Waals surface area contributed by atoms with E-state index in [0.29, 0.717) is 24.5 Å². The summed E-state index contributed by atoms with van der Waals surface area (Å²) in [6, 6.07) is 45.3. The standard InChI is InChI=1S/2C25H26N2O3S.2Ag/c2*1-3-19-13-10-14-20(4-2)25(19)26-17-23(21-11-6-5-7-12-21)27(18-26)22-15-8-9-16-24(22)31(28,29)30;;/h2*5-16,23H,3-4,17H2,1-2H3,(H,28,29,30);;/t2*23-;;/m10../s1. The van der Waals surface area contributed by atoms with Crippen molar-refractivity contribution in [2.24, 2.45) is 0 Å². The smallest absolute Gasteiger partial charge is 0.296 e. The second-order valence-electron chi connectivity index (χ2n) is 15.2. The average Bonchev–Trinajstić information content (AvgIpc) is 3.94. The maximum absolute atomic E-state index is 12.1. The first kappa shape index (κ1) is 50.8. The summed E-state index contributed by atoms with van der Waals surface area (Å²) in [4.78, 5) is 7.62. The van der Waals surface area contributed by atoms with E-state index in [0.717, 1.165) is 48.2 Å². The van der Waals surface area contributed by atoms with Gasteiger partial charge in [-0.15, -0.1) is 0 Å². The van der Waals surface area contributed by atoms with Gasteiger partial charge in [0.15, 0.2) is 0 Å². The molecule has 0 amide bonds. The molecule has 2 aliphatic rings. The van der Waals surface area contributed by atoms with Gasteiger partial charge in [-0.3, -0.25) is 9.11 Å². The molecule has 0 aromatic heterocycles. The quantitative estimate of drug-likeness (QED) is 0.0905. The van der Waals surface area contributed by atoms with Crippen molar-refractivity contribution in [3.05, 3.63) is 192 Å². The number of hydrogen-bond donors (Lipinski definition) is 2. The summed E-state index contributed by atoms with van der Waals surface area (Å²) in [6.45, 7) is 16.6. The van der Waals surface area contributed by atoms with Crippen molar-refractivity contribution >= 4 is 43.0 Å². The normalized spacial score (nSPS) is 16.2. The molecule has 0 aliphatic carbocycles. The molecule has 6 aromatic rings. The van der Waals surface area contributed by atoms with Crippen LogP contribution in [0.5, 0.6) is 0 Å². The molecule has 64 heavy (non-hydrogen) atoms. The Kier molecular flexibility index (Phi) is 17.7. The van der Waals surface area contributed by atoms with Crippen LogP contribution in [0.2, 0.25) is 0 Å². The van der Waals surface area contributed by atoms with Gasteiger partial charge in [0, 0.05) is 69.2 Å². The molecule has 2 N–H and O–H groups in total. The molecular formula is C50H52Ag2N4O6S2. The summed E-state index contributed by atoms with van der Waals surface area (Å²) >= 11 is 0. The topological polar surface area (TPSA) is 122 Å². The fourth-order valence-corrected chi connectivity index (χ4v) is 9.81. The van der Waals surface area contributed by atoms with Gasteiger partial charge in [0.05, 0.1) is 23.5 Å². The van der Waals surface area contributed by atoms with E-state index in [4.69, 9.17) is 0 Å². The SMILES string of the molecule is CCc1cccc(CC)c1N1[C]N(c2ccccc2S(=O)(=O)O)[C@@H](c2ccccc2)C1.CCc1cccc(CC)c1N1[C]N(c2ccccc2S(=O)(=O)O)[C@H](c2ccccc2)C1.[Ag].[Ag]. The van der Waals surface area contributed by atoms with Crippen molar-refractivity contribution in [3.8, 4) is 0 Å². The van der Waals surface area contributed by atoms with Crippen LogP contribution in [0.3, 0.4) is 0 Å². The van der Waals surface area contributed by atoms with Crippen molar-refractivity contribution < 1.29 is 70.7 Å². The Hall–Kier alpha value is -4.18. The minimum Gasteiger partial charge on any atom is -0.338 e. The Morgan fingerprint density at radius 2 is 0.750 bits per heavy atom. The number of rotatable bonds is 12. The molecular weight excluding hydrogens is 1030 g/mol. The minimum absolute atomic E-state index is 0. The molecule has 8 rings (SSSR count). The number of benzene rings is 6. The summed E-state index contributed by atoms with van der Waals surface area (Å²) in [5.74, 6) is 0. The number of aryl methyl sites for hydroxylation is 4. The van der Waals surface area contributed by atoms with E-state index in [1.165, 1.54) is 34.4 Å². The van der Waals surface area contributed by atoms with E-state index in [-0.39, 0.29) is 66.6 Å². The third-order valence-corrected chi connectivity index (χ3v) is 13.2. The molecule has 342 valence electrons. The van der Waals surface area contributed by atoms with Crippen molar-refractivity contribution in [2.45, 2.75) is 75.3 Å². The van der Waals surface area contributed by atoms with E-state index >= 15 is 0 Å². The molecule has 6 radical (unpaired) electrons. The first-order valence-corrected chi connectivity index (χ1v) is 23.9. The third kappa shape index (κ3) is 11.1. The Morgan fingerprint density at radius 1 is 0.453 bits per heavy atom. The zero-order chi connectivity index (χ0) is 44.0. The molecule has 2 heterocycles. The number of para-hydroxylation sites is 4. The van der Waals surface area contributed by atoms with Crippen molar-refractivity contribution in [1.29, 1.82) is 0 Å². The van der Waals surface area contributed by atoms with E-state index in [1.54, 1.807) is 36.4 Å². The van der Waals surface area contributed by atoms with Gasteiger partial charge in [0.25, 0.3) is 20.2 Å². The largest absolute Gasteiger partial charge is 0.338 e. The molecule has 2 atom stereocenters. The Bertz CT molecular complexity index is 2480. The van der Waals surface area contributed by atoms with Gasteiger partial charge >= 0.3 is 0 Å². The van der Waals surface area contributed by atoms with Crippen LogP contribution in [0.1, 0.15) is 73.2 Å². The minimum atomic E-state index is -4.38. The van der Waals surface area contributed by atoms with Crippen LogP contribution in [-0.4, -0.2) is 39.0 Å². The van der Waals surface area contributed by atoms with E-state index in [1.807, 2.05) is 70.5 Å². The fraction of sp³-hybridized carbons (Fsp3) is 0.240. The van der Waals surface area contributed by atoms with Gasteiger partial charge < -0.3 is 19.6 Å². The predicted molar refractivity (Wildman–Crippen MR) is 247 cm³/mol. The second kappa shape index (κ2) is 22.3. The fourth-order valence-electron chi connectivity index (χ4n) is 8.45. The van der Waals surface area contributed by atoms with Crippen LogP contribution in [0, 0.1) is 13.3 Å². The molecule has 2 fully saturated rings. The van der Waals surface area contributed by atoms with Gasteiger partial charge in [-0.1, -0.05) is 149 Å². The Morgan fingerprint density at radius 3 is 1.05 bits per heavy atom. The van der Waals surface area contributed by atoms with Gasteiger partial charge in [0.1, 0.15) is 9.79 Å². The molecule has 2 saturated heterocycles. The second-order valence-corrected chi connectivity index (χ2v) is 17.9. The van der Waals surface area contributed by atoms with E-state index in [2.05, 4.69) is 87.2 Å². The van der Waals surface area contributed by atoms with Gasteiger partial charge in [0.2, 0.25) is 13.3 Å². The van der Waals surface area contributed by atoms with Crippen LogP contribution >= 0.6 is 0 Å². The molecule has 0 saturated carbocycles. The summed E-state index contributed by atoms with van der Waals surface area (Å²) in [5, 5.41) is 0. The monoisotopic (exact) mass is 1080 g/mol. The third-order valence-electron chi connectivity index (χ3n) is 11.4. The van der Waals surface area contributed by atoms with Gasteiger partial charge in [-0.25, -0.2) is 0 Å². The van der Waals surface area contributed by atoms with Crippen LogP contribution in [-0.2, 0) is 90.7 Å². The molecule has 2 aliphatic heterocycles. The molecule has 14 heteroatoms. The maximum atomic E-state index is 12.1. The zero-order valence-corrected chi connectivity index (χ0v) is 40.6. The van der Waals surface area contributed by atoms with Crippen LogP contribution in [0.15, 0.2) is 155 Å². The zero-order valence-electron chi connectivity index (χ0n) is 36.0. The van der Waals surface area contributed by atoms with Crippen molar-refractivity contribution in [2.75, 3.05) is 32.7 Å². The van der Waals surface area contributed by atoms with E-state index < -0.39 is 20.2 Å². The number of nitrogens with zero attached hydrogens (tertiary/aromatic N) is 4. The van der Waals surface area contributed by atoms with Crippen molar-refractivity contribution in [3.63, 3.8) is 0 Å².